The summed E-state index contributed by atoms with van der Waals surface area (Å²) >= 11 is 1.88. The predicted molar refractivity (Wildman–Crippen MR) is 195 cm³/mol. The molecule has 0 spiro atoms. The van der Waals surface area contributed by atoms with Gasteiger partial charge in [-0.15, -0.1) is 11.3 Å². The van der Waals surface area contributed by atoms with Crippen molar-refractivity contribution in [3.63, 3.8) is 0 Å². The Bertz CT molecular complexity index is 2790. The van der Waals surface area contributed by atoms with Crippen molar-refractivity contribution in [3.05, 3.63) is 152 Å². The van der Waals surface area contributed by atoms with Crippen LogP contribution in [0, 0.1) is 0 Å². The van der Waals surface area contributed by atoms with Gasteiger partial charge in [0.2, 0.25) is 0 Å². The van der Waals surface area contributed by atoms with Crippen LogP contribution in [0.5, 0.6) is 0 Å². The quantitative estimate of drug-likeness (QED) is 0.201. The number of nitrogens with zero attached hydrogens (tertiary/aromatic N) is 3. The molecule has 10 aromatic rings. The van der Waals surface area contributed by atoms with Gasteiger partial charge in [-0.05, 0) is 33.7 Å². The Hall–Kier alpha value is -5.84. The van der Waals surface area contributed by atoms with E-state index in [-0.39, 0.29) is 0 Å². The third-order valence-electron chi connectivity index (χ3n) is 9.22. The van der Waals surface area contributed by atoms with Crippen LogP contribution in [0.25, 0.3) is 91.9 Å². The van der Waals surface area contributed by atoms with Crippen LogP contribution in [0.15, 0.2) is 152 Å². The van der Waals surface area contributed by atoms with E-state index in [4.69, 9.17) is 9.97 Å². The van der Waals surface area contributed by atoms with Crippen LogP contribution in [-0.4, -0.2) is 14.5 Å². The summed E-state index contributed by atoms with van der Waals surface area (Å²) in [6.07, 6.45) is 2.02. The van der Waals surface area contributed by atoms with Crippen molar-refractivity contribution in [2.24, 2.45) is 0 Å². The molecule has 0 fully saturated rings. The molecule has 3 heterocycles. The smallest absolute Gasteiger partial charge is 0.159 e. The van der Waals surface area contributed by atoms with Crippen LogP contribution >= 0.6 is 11.3 Å². The molecule has 0 saturated heterocycles. The molecule has 0 aliphatic carbocycles. The first-order chi connectivity index (χ1) is 22.8. The predicted octanol–water partition coefficient (Wildman–Crippen LogP) is 11.6. The summed E-state index contributed by atoms with van der Waals surface area (Å²) in [6, 6.07) is 51.8. The highest BCUT2D eigenvalue weighted by molar-refractivity contribution is 7.27. The van der Waals surface area contributed by atoms with E-state index in [2.05, 4.69) is 132 Å². The van der Waals surface area contributed by atoms with E-state index in [1.54, 1.807) is 0 Å². The number of para-hydroxylation sites is 1. The molecule has 0 bridgehead atoms. The van der Waals surface area contributed by atoms with E-state index in [1.165, 1.54) is 58.0 Å². The number of rotatable bonds is 3. The Kier molecular flexibility index (Phi) is 5.45. The van der Waals surface area contributed by atoms with Crippen LogP contribution in [-0.2, 0) is 0 Å². The zero-order valence-corrected chi connectivity index (χ0v) is 25.5. The Labute approximate surface area is 268 Å². The maximum absolute atomic E-state index is 5.28. The van der Waals surface area contributed by atoms with Gasteiger partial charge in [-0.3, -0.25) is 0 Å². The summed E-state index contributed by atoms with van der Waals surface area (Å²) in [4.78, 5) is 10.3. The Morgan fingerprint density at radius 3 is 1.91 bits per heavy atom. The van der Waals surface area contributed by atoms with E-state index in [1.807, 2.05) is 35.7 Å². The monoisotopic (exact) mass is 603 g/mol. The maximum Gasteiger partial charge on any atom is 0.159 e. The topological polar surface area (TPSA) is 30.7 Å². The lowest BCUT2D eigenvalue weighted by atomic mass is 9.96. The van der Waals surface area contributed by atoms with Crippen LogP contribution < -0.4 is 0 Å². The third kappa shape index (κ3) is 3.59. The highest BCUT2D eigenvalue weighted by Gasteiger charge is 2.24. The molecule has 4 heteroatoms. The van der Waals surface area contributed by atoms with E-state index in [0.29, 0.717) is 5.82 Å². The molecular formula is C42H25N3S. The Balaban J connectivity index is 1.43. The molecule has 3 nitrogen and oxygen atoms in total. The van der Waals surface area contributed by atoms with Crippen molar-refractivity contribution in [1.29, 1.82) is 0 Å². The van der Waals surface area contributed by atoms with Crippen molar-refractivity contribution in [1.82, 2.24) is 14.5 Å². The average Bonchev–Trinajstić information content (AvgIpc) is 3.69. The minimum absolute atomic E-state index is 0.716. The zero-order chi connectivity index (χ0) is 30.2. The van der Waals surface area contributed by atoms with E-state index in [0.717, 1.165) is 28.0 Å². The lowest BCUT2D eigenvalue weighted by Crippen LogP contribution is -2.02. The van der Waals surface area contributed by atoms with Crippen molar-refractivity contribution < 1.29 is 0 Å². The molecule has 0 amide bonds. The minimum atomic E-state index is 0.716. The SMILES string of the molecule is c1ccc(-c2ncc(-n3c4ccccc4c4c5ccccc5c5c(sc6ccc7ccccc7c65)c43)c(-c3ccccc3)n2)cc1. The van der Waals surface area contributed by atoms with Gasteiger partial charge in [0.05, 0.1) is 33.3 Å². The summed E-state index contributed by atoms with van der Waals surface area (Å²) in [5.41, 5.74) is 6.28. The van der Waals surface area contributed by atoms with Crippen molar-refractivity contribution in [2.45, 2.75) is 0 Å². The molecule has 0 aliphatic heterocycles. The molecule has 0 atom stereocenters. The van der Waals surface area contributed by atoms with Gasteiger partial charge in [0, 0.05) is 37.4 Å². The Morgan fingerprint density at radius 2 is 1.13 bits per heavy atom. The van der Waals surface area contributed by atoms with Crippen LogP contribution in [0.1, 0.15) is 0 Å². The number of fused-ring (bicyclic) bond motifs is 12. The zero-order valence-electron chi connectivity index (χ0n) is 24.7. The van der Waals surface area contributed by atoms with Gasteiger partial charge in [0.15, 0.2) is 5.82 Å². The van der Waals surface area contributed by atoms with E-state index in [9.17, 15) is 0 Å². The van der Waals surface area contributed by atoms with Gasteiger partial charge in [0.1, 0.15) is 0 Å². The number of benzene rings is 7. The van der Waals surface area contributed by atoms with Gasteiger partial charge in [-0.1, -0.05) is 133 Å². The fraction of sp³-hybridized carbons (Fsp3) is 0. The molecule has 0 radical (unpaired) electrons. The van der Waals surface area contributed by atoms with Gasteiger partial charge >= 0.3 is 0 Å². The molecular weight excluding hydrogens is 579 g/mol. The number of aromatic nitrogens is 3. The van der Waals surface area contributed by atoms with Crippen molar-refractivity contribution in [2.75, 3.05) is 0 Å². The average molecular weight is 604 g/mol. The van der Waals surface area contributed by atoms with Gasteiger partial charge in [-0.25, -0.2) is 9.97 Å². The van der Waals surface area contributed by atoms with Gasteiger partial charge < -0.3 is 4.57 Å². The van der Waals surface area contributed by atoms with E-state index >= 15 is 0 Å². The summed E-state index contributed by atoms with van der Waals surface area (Å²) in [6.45, 7) is 0. The summed E-state index contributed by atoms with van der Waals surface area (Å²) < 4.78 is 5.00. The lowest BCUT2D eigenvalue weighted by molar-refractivity contribution is 1.09. The number of hydrogen-bond acceptors (Lipinski definition) is 3. The maximum atomic E-state index is 5.28. The normalized spacial score (nSPS) is 11.9. The lowest BCUT2D eigenvalue weighted by Gasteiger charge is -2.15. The van der Waals surface area contributed by atoms with Crippen LogP contribution in [0.4, 0.5) is 0 Å². The number of hydrogen-bond donors (Lipinski definition) is 0. The summed E-state index contributed by atoms with van der Waals surface area (Å²) in [5, 5.41) is 10.2. The molecule has 10 rings (SSSR count). The van der Waals surface area contributed by atoms with Crippen LogP contribution in [0.3, 0.4) is 0 Å². The first-order valence-corrected chi connectivity index (χ1v) is 16.3. The minimum Gasteiger partial charge on any atom is -0.304 e. The molecule has 0 unspecified atom stereocenters. The van der Waals surface area contributed by atoms with Crippen LogP contribution in [0.2, 0.25) is 0 Å². The summed E-state index contributed by atoms with van der Waals surface area (Å²) in [5.74, 6) is 0.716. The summed E-state index contributed by atoms with van der Waals surface area (Å²) in [7, 11) is 0. The Morgan fingerprint density at radius 1 is 0.500 bits per heavy atom. The first-order valence-electron chi connectivity index (χ1n) is 15.5. The first kappa shape index (κ1) is 25.5. The highest BCUT2D eigenvalue weighted by Crippen LogP contribution is 2.49. The molecule has 214 valence electrons. The van der Waals surface area contributed by atoms with Gasteiger partial charge in [0.25, 0.3) is 0 Å². The second kappa shape index (κ2) is 9.83. The number of thiophene rings is 1. The molecule has 3 aromatic heterocycles. The van der Waals surface area contributed by atoms with E-state index < -0.39 is 0 Å². The van der Waals surface area contributed by atoms with Crippen molar-refractivity contribution >= 4 is 74.9 Å². The molecule has 7 aromatic carbocycles. The second-order valence-electron chi connectivity index (χ2n) is 11.7. The molecule has 0 saturated carbocycles. The largest absolute Gasteiger partial charge is 0.304 e. The standard InChI is InChI=1S/C42H25N3S/c1-3-14-27(15-4-1)39-34(25-43-42(44-39)28-16-5-2-6-17-28)45-33-22-12-11-21-32(33)36-30-19-9-10-20-31(30)38-37-29-18-8-7-13-26(29)23-24-35(37)46-41(38)40(36)45/h1-25H. The molecule has 0 aliphatic rings. The van der Waals surface area contributed by atoms with Gasteiger partial charge in [-0.2, -0.15) is 0 Å². The fourth-order valence-electron chi connectivity index (χ4n) is 7.26. The highest BCUT2D eigenvalue weighted by atomic mass is 32.1. The van der Waals surface area contributed by atoms with Crippen molar-refractivity contribution in [3.8, 4) is 28.3 Å². The second-order valence-corrected chi connectivity index (χ2v) is 12.8. The molecule has 46 heavy (non-hydrogen) atoms. The molecule has 0 N–H and O–H groups in total. The third-order valence-corrected chi connectivity index (χ3v) is 10.4. The fourth-order valence-corrected chi connectivity index (χ4v) is 8.54.